The Morgan fingerprint density at radius 3 is 2.19 bits per heavy atom. The van der Waals surface area contributed by atoms with Crippen molar-refractivity contribution in [1.29, 1.82) is 5.26 Å². The van der Waals surface area contributed by atoms with Crippen molar-refractivity contribution in [3.8, 4) is 22.9 Å². The monoisotopic (exact) mass is 439 g/mol. The van der Waals surface area contributed by atoms with Gasteiger partial charge >= 0.3 is 0 Å². The summed E-state index contributed by atoms with van der Waals surface area (Å²) in [6.45, 7) is 2.97. The zero-order valence-corrected chi connectivity index (χ0v) is 19.2. The molecule has 0 aliphatic heterocycles. The van der Waals surface area contributed by atoms with Gasteiger partial charge in [-0.2, -0.15) is 5.26 Å². The molecular weight excluding hydrogens is 404 g/mol. The number of rotatable bonds is 11. The Morgan fingerprint density at radius 2 is 1.50 bits per heavy atom. The molecule has 172 valence electrons. The third-order valence-corrected chi connectivity index (χ3v) is 6.79. The van der Waals surface area contributed by atoms with E-state index in [4.69, 9.17) is 10.00 Å². The van der Waals surface area contributed by atoms with Crippen molar-refractivity contribution in [3.05, 3.63) is 53.6 Å². The summed E-state index contributed by atoms with van der Waals surface area (Å²) in [6, 6.07) is 11.5. The van der Waals surface area contributed by atoms with Gasteiger partial charge in [-0.05, 0) is 54.5 Å². The summed E-state index contributed by atoms with van der Waals surface area (Å²) in [4.78, 5) is 0. The fourth-order valence-corrected chi connectivity index (χ4v) is 4.70. The lowest BCUT2D eigenvalue weighted by atomic mass is 9.80. The van der Waals surface area contributed by atoms with Gasteiger partial charge in [-0.3, -0.25) is 0 Å². The summed E-state index contributed by atoms with van der Waals surface area (Å²) in [5.74, 6) is 0.144. The molecule has 1 aliphatic rings. The van der Waals surface area contributed by atoms with Gasteiger partial charge in [0.05, 0.1) is 12.2 Å². The average Bonchev–Trinajstić information content (AvgIpc) is 2.83. The van der Waals surface area contributed by atoms with Gasteiger partial charge in [-0.25, -0.2) is 8.78 Å². The fourth-order valence-electron chi connectivity index (χ4n) is 4.70. The predicted octanol–water partition coefficient (Wildman–Crippen LogP) is 8.44. The van der Waals surface area contributed by atoms with Crippen molar-refractivity contribution >= 4 is 0 Å². The lowest BCUT2D eigenvalue weighted by Gasteiger charge is -2.28. The van der Waals surface area contributed by atoms with Crippen molar-refractivity contribution in [2.75, 3.05) is 6.61 Å². The minimum atomic E-state index is -1.10. The number of nitriles is 1. The highest BCUT2D eigenvalue weighted by molar-refractivity contribution is 5.66. The van der Waals surface area contributed by atoms with Crippen molar-refractivity contribution in [1.82, 2.24) is 0 Å². The second-order valence-electron chi connectivity index (χ2n) is 9.18. The lowest BCUT2D eigenvalue weighted by molar-refractivity contribution is 0.177. The molecule has 0 saturated heterocycles. The summed E-state index contributed by atoms with van der Waals surface area (Å²) in [5.41, 5.74) is 0.429. The van der Waals surface area contributed by atoms with Gasteiger partial charge in [0.15, 0.2) is 11.6 Å². The molecule has 0 N–H and O–H groups in total. The summed E-state index contributed by atoms with van der Waals surface area (Å²) < 4.78 is 34.1. The second-order valence-corrected chi connectivity index (χ2v) is 9.18. The van der Waals surface area contributed by atoms with Crippen molar-refractivity contribution in [3.63, 3.8) is 0 Å². The van der Waals surface area contributed by atoms with Gasteiger partial charge in [-0.1, -0.05) is 76.8 Å². The molecule has 1 fully saturated rings. The maximum atomic E-state index is 14.2. The zero-order valence-electron chi connectivity index (χ0n) is 19.2. The van der Waals surface area contributed by atoms with Crippen molar-refractivity contribution < 1.29 is 13.5 Å². The Morgan fingerprint density at radius 1 is 0.844 bits per heavy atom. The molecule has 0 amide bonds. The van der Waals surface area contributed by atoms with Crippen LogP contribution in [0.1, 0.15) is 83.1 Å². The molecule has 0 unspecified atom stereocenters. The lowest BCUT2D eigenvalue weighted by Crippen LogP contribution is -2.20. The normalized spacial score (nSPS) is 18.3. The van der Waals surface area contributed by atoms with Gasteiger partial charge in [0.2, 0.25) is 0 Å². The molecule has 2 aromatic rings. The van der Waals surface area contributed by atoms with E-state index in [0.29, 0.717) is 18.1 Å². The van der Waals surface area contributed by atoms with Crippen LogP contribution in [0.5, 0.6) is 5.75 Å². The van der Waals surface area contributed by atoms with Crippen LogP contribution in [0.25, 0.3) is 11.1 Å². The highest BCUT2D eigenvalue weighted by Gasteiger charge is 2.21. The van der Waals surface area contributed by atoms with Crippen LogP contribution in [0.15, 0.2) is 36.4 Å². The average molecular weight is 440 g/mol. The predicted molar refractivity (Wildman–Crippen MR) is 125 cm³/mol. The van der Waals surface area contributed by atoms with E-state index in [0.717, 1.165) is 11.7 Å². The van der Waals surface area contributed by atoms with Gasteiger partial charge in [0.1, 0.15) is 11.8 Å². The largest absolute Gasteiger partial charge is 0.493 e. The van der Waals surface area contributed by atoms with Crippen LogP contribution in [0, 0.1) is 34.8 Å². The van der Waals surface area contributed by atoms with Gasteiger partial charge in [0.25, 0.3) is 0 Å². The van der Waals surface area contributed by atoms with Gasteiger partial charge in [-0.15, -0.1) is 0 Å². The summed E-state index contributed by atoms with van der Waals surface area (Å²) in [6.07, 6.45) is 14.7. The molecule has 32 heavy (non-hydrogen) atoms. The molecule has 0 heterocycles. The van der Waals surface area contributed by atoms with Crippen molar-refractivity contribution in [2.45, 2.75) is 77.6 Å². The topological polar surface area (TPSA) is 33.0 Å². The number of benzene rings is 2. The van der Waals surface area contributed by atoms with E-state index in [9.17, 15) is 8.78 Å². The van der Waals surface area contributed by atoms with E-state index in [2.05, 4.69) is 6.92 Å². The molecule has 0 radical (unpaired) electrons. The molecule has 0 aromatic heterocycles. The standard InChI is InChI=1S/C28H35F2NO/c1-2-3-4-5-6-7-8-21-9-11-22(12-10-21)20-32-25-16-13-23(14-17-25)26-18-15-24(19-31)27(29)28(26)30/h13-18,21-22H,2-12,20H2,1H3. The molecule has 1 saturated carbocycles. The Bertz CT molecular complexity index is 880. The number of ether oxygens (including phenoxy) is 1. The maximum absolute atomic E-state index is 14.2. The maximum Gasteiger partial charge on any atom is 0.177 e. The Hall–Kier alpha value is -2.41. The first-order valence-corrected chi connectivity index (χ1v) is 12.2. The smallest absolute Gasteiger partial charge is 0.177 e. The molecule has 1 aliphatic carbocycles. The number of hydrogen-bond acceptors (Lipinski definition) is 2. The quantitative estimate of drug-likeness (QED) is 0.329. The molecular formula is C28H35F2NO. The zero-order chi connectivity index (χ0) is 22.8. The SMILES string of the molecule is CCCCCCCCC1CCC(COc2ccc(-c3ccc(C#N)c(F)c3F)cc2)CC1. The van der Waals surface area contributed by atoms with E-state index < -0.39 is 11.6 Å². The van der Waals surface area contributed by atoms with Crippen molar-refractivity contribution in [2.24, 2.45) is 11.8 Å². The van der Waals surface area contributed by atoms with E-state index in [1.54, 1.807) is 30.3 Å². The molecule has 0 bridgehead atoms. The number of unbranched alkanes of at least 4 members (excludes halogenated alkanes) is 5. The Balaban J connectivity index is 1.40. The highest BCUT2D eigenvalue weighted by atomic mass is 19.2. The van der Waals surface area contributed by atoms with Crippen LogP contribution < -0.4 is 4.74 Å². The molecule has 0 spiro atoms. The molecule has 2 aromatic carbocycles. The molecule has 0 atom stereocenters. The summed E-state index contributed by atoms with van der Waals surface area (Å²) in [7, 11) is 0. The van der Waals surface area contributed by atoms with Crippen LogP contribution in [-0.2, 0) is 0 Å². The van der Waals surface area contributed by atoms with E-state index in [1.807, 2.05) is 0 Å². The Kier molecular flexibility index (Phi) is 9.53. The van der Waals surface area contributed by atoms with Crippen LogP contribution >= 0.6 is 0 Å². The molecule has 3 rings (SSSR count). The molecule has 2 nitrogen and oxygen atoms in total. The van der Waals surface area contributed by atoms with Crippen LogP contribution in [0.3, 0.4) is 0 Å². The van der Waals surface area contributed by atoms with Gasteiger partial charge < -0.3 is 4.74 Å². The summed E-state index contributed by atoms with van der Waals surface area (Å²) >= 11 is 0. The summed E-state index contributed by atoms with van der Waals surface area (Å²) in [5, 5.41) is 8.82. The van der Waals surface area contributed by atoms with Gasteiger partial charge in [0, 0.05) is 5.56 Å². The van der Waals surface area contributed by atoms with E-state index >= 15 is 0 Å². The van der Waals surface area contributed by atoms with Crippen LogP contribution in [-0.4, -0.2) is 6.61 Å². The highest BCUT2D eigenvalue weighted by Crippen LogP contribution is 2.33. The molecule has 4 heteroatoms. The second kappa shape index (κ2) is 12.6. The van der Waals surface area contributed by atoms with E-state index in [-0.39, 0.29) is 11.1 Å². The number of halogens is 2. The number of hydrogen-bond donors (Lipinski definition) is 0. The minimum Gasteiger partial charge on any atom is -0.493 e. The third-order valence-electron chi connectivity index (χ3n) is 6.79. The first kappa shape index (κ1) is 24.2. The van der Waals surface area contributed by atoms with Crippen LogP contribution in [0.4, 0.5) is 8.78 Å². The fraction of sp³-hybridized carbons (Fsp3) is 0.536. The first-order valence-electron chi connectivity index (χ1n) is 12.2. The minimum absolute atomic E-state index is 0.150. The Labute approximate surface area is 191 Å². The van der Waals surface area contributed by atoms with E-state index in [1.165, 1.54) is 82.8 Å². The van der Waals surface area contributed by atoms with Crippen LogP contribution in [0.2, 0.25) is 0 Å². The third kappa shape index (κ3) is 6.79. The number of nitrogens with zero attached hydrogens (tertiary/aromatic N) is 1. The first-order chi connectivity index (χ1) is 15.6.